The second kappa shape index (κ2) is 10.2. The van der Waals surface area contributed by atoms with Crippen molar-refractivity contribution in [1.29, 1.82) is 0 Å². The van der Waals surface area contributed by atoms with Crippen LogP contribution in [-0.4, -0.2) is 42.8 Å². The molecule has 0 fully saturated rings. The topological polar surface area (TPSA) is 15.7 Å². The highest BCUT2D eigenvalue weighted by Crippen LogP contribution is 2.07. The lowest BCUT2D eigenvalue weighted by atomic mass is 10.2. The van der Waals surface area contributed by atoms with E-state index in [4.69, 9.17) is 4.74 Å². The summed E-state index contributed by atoms with van der Waals surface area (Å²) in [6.07, 6.45) is 11.5. The molecule has 3 nitrogen and oxygen atoms in total. The maximum absolute atomic E-state index is 5.62. The Labute approximate surface area is 113 Å². The lowest BCUT2D eigenvalue weighted by Gasteiger charge is -2.19. The molecule has 3 heteroatoms. The number of hydrogen-bond donors (Lipinski definition) is 0. The Balaban J connectivity index is 1.81. The molecule has 0 aromatic carbocycles. The van der Waals surface area contributed by atoms with Gasteiger partial charge < -0.3 is 14.5 Å². The molecular weight excluding hydrogens is 224 g/mol. The van der Waals surface area contributed by atoms with Crippen LogP contribution in [0.3, 0.4) is 0 Å². The van der Waals surface area contributed by atoms with Crippen molar-refractivity contribution in [2.75, 3.05) is 33.0 Å². The van der Waals surface area contributed by atoms with Crippen LogP contribution in [0.5, 0.6) is 0 Å². The molecule has 0 N–H and O–H groups in total. The Morgan fingerprint density at radius 3 is 2.39 bits per heavy atom. The fourth-order valence-electron chi connectivity index (χ4n) is 2.05. The Hall–Kier alpha value is -0.700. The van der Waals surface area contributed by atoms with E-state index in [0.29, 0.717) is 0 Å². The van der Waals surface area contributed by atoms with Crippen LogP contribution in [0, 0.1) is 6.92 Å². The van der Waals surface area contributed by atoms with Crippen molar-refractivity contribution < 1.29 is 4.74 Å². The Morgan fingerprint density at radius 2 is 1.72 bits per heavy atom. The van der Waals surface area contributed by atoms with Crippen molar-refractivity contribution in [3.63, 3.8) is 0 Å². The predicted molar refractivity (Wildman–Crippen MR) is 77.0 cm³/mol. The summed E-state index contributed by atoms with van der Waals surface area (Å²) >= 11 is 0. The van der Waals surface area contributed by atoms with Gasteiger partial charge in [-0.3, -0.25) is 0 Å². The van der Waals surface area contributed by atoms with Crippen LogP contribution in [-0.2, 0) is 4.74 Å². The summed E-state index contributed by atoms with van der Waals surface area (Å²) in [7, 11) is 0. The van der Waals surface area contributed by atoms with Gasteiger partial charge >= 0.3 is 0 Å². The van der Waals surface area contributed by atoms with Crippen LogP contribution in [0.25, 0.3) is 0 Å². The first kappa shape index (κ1) is 15.4. The Morgan fingerprint density at radius 1 is 1.00 bits per heavy atom. The molecule has 0 bridgehead atoms. The molecule has 0 atom stereocenters. The van der Waals surface area contributed by atoms with E-state index >= 15 is 0 Å². The van der Waals surface area contributed by atoms with Gasteiger partial charge in [0.15, 0.2) is 0 Å². The van der Waals surface area contributed by atoms with Crippen molar-refractivity contribution in [3.05, 3.63) is 19.3 Å². The highest BCUT2D eigenvalue weighted by Gasteiger charge is 2.08. The molecule has 0 aromatic rings. The zero-order valence-corrected chi connectivity index (χ0v) is 11.9. The molecule has 1 aliphatic rings. The maximum Gasteiger partial charge on any atom is 0.0893 e. The van der Waals surface area contributed by atoms with Crippen molar-refractivity contribution in [3.8, 4) is 0 Å². The molecule has 0 amide bonds. The average molecular weight is 253 g/mol. The third-order valence-electron chi connectivity index (χ3n) is 3.28. The van der Waals surface area contributed by atoms with Gasteiger partial charge in [-0.15, -0.1) is 0 Å². The number of nitrogens with zero attached hydrogens (tertiary/aromatic N) is 2. The van der Waals surface area contributed by atoms with Crippen LogP contribution in [0.2, 0.25) is 0 Å². The first-order valence-electron chi connectivity index (χ1n) is 7.40. The van der Waals surface area contributed by atoms with Gasteiger partial charge in [0.1, 0.15) is 0 Å². The Kier molecular flexibility index (Phi) is 8.74. The largest absolute Gasteiger partial charge is 0.381 e. The van der Waals surface area contributed by atoms with E-state index in [9.17, 15) is 0 Å². The lowest BCUT2D eigenvalue weighted by Crippen LogP contribution is -2.25. The maximum atomic E-state index is 5.62. The third kappa shape index (κ3) is 6.90. The van der Waals surface area contributed by atoms with E-state index in [1.54, 1.807) is 0 Å². The van der Waals surface area contributed by atoms with E-state index in [-0.39, 0.29) is 0 Å². The van der Waals surface area contributed by atoms with Gasteiger partial charge in [0.2, 0.25) is 0 Å². The molecular formula is C15H29N2O. The molecule has 1 rings (SSSR count). The normalized spacial score (nSPS) is 14.8. The number of rotatable bonds is 11. The predicted octanol–water partition coefficient (Wildman–Crippen LogP) is 3.24. The number of ether oxygens (including phenoxy) is 1. The lowest BCUT2D eigenvalue weighted by molar-refractivity contribution is 0.124. The molecule has 18 heavy (non-hydrogen) atoms. The van der Waals surface area contributed by atoms with E-state index < -0.39 is 0 Å². The van der Waals surface area contributed by atoms with E-state index in [0.717, 1.165) is 39.4 Å². The van der Waals surface area contributed by atoms with Gasteiger partial charge in [-0.2, -0.15) is 0 Å². The molecule has 0 unspecified atom stereocenters. The average Bonchev–Trinajstić information content (AvgIpc) is 2.85. The monoisotopic (exact) mass is 253 g/mol. The summed E-state index contributed by atoms with van der Waals surface area (Å²) < 4.78 is 5.62. The zero-order valence-electron chi connectivity index (χ0n) is 11.9. The molecule has 0 saturated heterocycles. The second-order valence-electron chi connectivity index (χ2n) is 4.89. The number of unbranched alkanes of at least 4 members (excludes halogenated alkanes) is 4. The molecule has 0 aliphatic carbocycles. The van der Waals surface area contributed by atoms with E-state index in [1.165, 1.54) is 32.1 Å². The molecule has 0 spiro atoms. The van der Waals surface area contributed by atoms with Gasteiger partial charge in [-0.05, 0) is 26.2 Å². The number of hydrogen-bond acceptors (Lipinski definition) is 3. The molecule has 1 radical (unpaired) electrons. The minimum Gasteiger partial charge on any atom is -0.381 e. The first-order valence-corrected chi connectivity index (χ1v) is 7.40. The highest BCUT2D eigenvalue weighted by molar-refractivity contribution is 4.89. The third-order valence-corrected chi connectivity index (χ3v) is 3.28. The van der Waals surface area contributed by atoms with Crippen molar-refractivity contribution in [2.24, 2.45) is 0 Å². The van der Waals surface area contributed by atoms with Gasteiger partial charge in [0, 0.05) is 38.7 Å². The SMILES string of the molecule is [CH2]CCCCCOCCCCN1C=CN(CC)C1. The van der Waals surface area contributed by atoms with Gasteiger partial charge in [-0.1, -0.05) is 26.2 Å². The van der Waals surface area contributed by atoms with Crippen molar-refractivity contribution >= 4 is 0 Å². The summed E-state index contributed by atoms with van der Waals surface area (Å²) in [5.41, 5.74) is 0. The summed E-state index contributed by atoms with van der Waals surface area (Å²) in [6.45, 7) is 11.2. The van der Waals surface area contributed by atoms with Gasteiger partial charge in [0.25, 0.3) is 0 Å². The minimum atomic E-state index is 0.916. The van der Waals surface area contributed by atoms with Crippen LogP contribution in [0.4, 0.5) is 0 Å². The molecule has 105 valence electrons. The summed E-state index contributed by atoms with van der Waals surface area (Å²) in [6, 6.07) is 0. The molecule has 1 aliphatic heterocycles. The molecule has 0 aromatic heterocycles. The van der Waals surface area contributed by atoms with Gasteiger partial charge in [-0.25, -0.2) is 0 Å². The fraction of sp³-hybridized carbons (Fsp3) is 0.800. The van der Waals surface area contributed by atoms with Crippen LogP contribution in [0.15, 0.2) is 12.4 Å². The van der Waals surface area contributed by atoms with Crippen molar-refractivity contribution in [2.45, 2.75) is 45.4 Å². The smallest absolute Gasteiger partial charge is 0.0893 e. The quantitative estimate of drug-likeness (QED) is 0.526. The minimum absolute atomic E-state index is 0.916. The highest BCUT2D eigenvalue weighted by atomic mass is 16.5. The first-order chi connectivity index (χ1) is 8.86. The Bertz CT molecular complexity index is 219. The van der Waals surface area contributed by atoms with E-state index in [2.05, 4.69) is 36.0 Å². The zero-order chi connectivity index (χ0) is 13.1. The molecule has 1 heterocycles. The van der Waals surface area contributed by atoms with Gasteiger partial charge in [0.05, 0.1) is 6.67 Å². The summed E-state index contributed by atoms with van der Waals surface area (Å²) in [5.74, 6) is 0. The van der Waals surface area contributed by atoms with Crippen LogP contribution >= 0.6 is 0 Å². The summed E-state index contributed by atoms with van der Waals surface area (Å²) in [4.78, 5) is 4.69. The summed E-state index contributed by atoms with van der Waals surface area (Å²) in [5, 5.41) is 0. The van der Waals surface area contributed by atoms with Crippen LogP contribution in [0.1, 0.15) is 45.4 Å². The standard InChI is InChI=1S/C15H29N2O/c1-3-5-6-8-13-18-14-9-7-10-17-12-11-16(4-2)15-17/h11-12H,1,3-10,13-15H2,2H3. The van der Waals surface area contributed by atoms with Crippen molar-refractivity contribution in [1.82, 2.24) is 9.80 Å². The second-order valence-corrected chi connectivity index (χ2v) is 4.89. The fourth-order valence-corrected chi connectivity index (χ4v) is 2.05. The van der Waals surface area contributed by atoms with Crippen LogP contribution < -0.4 is 0 Å². The van der Waals surface area contributed by atoms with E-state index in [1.807, 2.05) is 0 Å². The molecule has 0 saturated carbocycles.